The SMILES string of the molecule is [2H]C1=C(C)C([2H])([2H])C([2H])([2H])[C@@]2([2H])C(C([2H])([2H])[2H])(C([2H])([2H])[2H])Oc3cc(CCCCC)cc(O)c3[C@]12[2H]. The Labute approximate surface area is 158 Å². The zero-order valence-corrected chi connectivity index (χ0v) is 13.3. The van der Waals surface area contributed by atoms with E-state index in [-0.39, 0.29) is 0 Å². The van der Waals surface area contributed by atoms with E-state index >= 15 is 0 Å². The van der Waals surface area contributed by atoms with Crippen LogP contribution in [0.5, 0.6) is 11.5 Å². The van der Waals surface area contributed by atoms with Gasteiger partial charge in [-0.1, -0.05) is 31.4 Å². The number of ether oxygens (including phenoxy) is 1. The van der Waals surface area contributed by atoms with Crippen molar-refractivity contribution in [3.05, 3.63) is 34.9 Å². The van der Waals surface area contributed by atoms with Gasteiger partial charge in [0.05, 0.1) is 1.37 Å². The number of unbranched alkanes of at least 4 members (excludes halogenated alkanes) is 2. The summed E-state index contributed by atoms with van der Waals surface area (Å²) in [6, 6.07) is 1.50. The lowest BCUT2D eigenvalue weighted by atomic mass is 9.68. The lowest BCUT2D eigenvalue weighted by Gasteiger charge is -2.46. The maximum absolute atomic E-state index is 11.0. The molecule has 0 fully saturated rings. The number of aryl methyl sites for hydroxylation is 1. The van der Waals surface area contributed by atoms with Crippen LogP contribution < -0.4 is 4.74 Å². The summed E-state index contributed by atoms with van der Waals surface area (Å²) in [7, 11) is 0. The lowest BCUT2D eigenvalue weighted by molar-refractivity contribution is 0.0107. The molecule has 2 nitrogen and oxygen atoms in total. The standard InChI is InChI=1S/C21H30O2/c1-5-6-7-8-15-12-18(22)20-16-11-14(2)9-10-17(16)21(3,4)23-19(20)13-15/h11-13,16-17,22H,5-10H2,1-4H3/t16-,17-/m1/s1/i3D3,4D3,9D2,10D2,11D,16D,17D. The third-order valence-corrected chi connectivity index (χ3v) is 4.01. The maximum atomic E-state index is 11.0. The molecule has 126 valence electrons. The first-order valence-corrected chi connectivity index (χ1v) is 7.85. The molecule has 0 saturated heterocycles. The number of allylic oxidation sites excluding steroid dienone is 2. The van der Waals surface area contributed by atoms with Crippen molar-refractivity contribution in [3.63, 3.8) is 0 Å². The van der Waals surface area contributed by atoms with Gasteiger partial charge in [0.1, 0.15) is 17.1 Å². The van der Waals surface area contributed by atoms with Gasteiger partial charge in [0.25, 0.3) is 0 Å². The van der Waals surface area contributed by atoms with Crippen LogP contribution in [0.15, 0.2) is 23.8 Å². The van der Waals surface area contributed by atoms with Crippen molar-refractivity contribution in [2.75, 3.05) is 0 Å². The van der Waals surface area contributed by atoms with Gasteiger partial charge in [-0.05, 0) is 63.9 Å². The van der Waals surface area contributed by atoms with E-state index in [1.807, 2.05) is 6.92 Å². The normalized spacial score (nSPS) is 45.7. The predicted molar refractivity (Wildman–Crippen MR) is 95.3 cm³/mol. The third-order valence-electron chi connectivity index (χ3n) is 4.01. The average Bonchev–Trinajstić information content (AvgIpc) is 2.72. The molecular formula is C21H30O2. The molecule has 2 atom stereocenters. The van der Waals surface area contributed by atoms with Gasteiger partial charge >= 0.3 is 0 Å². The summed E-state index contributed by atoms with van der Waals surface area (Å²) in [6.45, 7) is -4.56. The summed E-state index contributed by atoms with van der Waals surface area (Å²) >= 11 is 0. The molecule has 0 radical (unpaired) electrons. The molecule has 0 spiro atoms. The molecule has 1 aliphatic carbocycles. The lowest BCUT2D eigenvalue weighted by Crippen LogP contribution is -2.45. The van der Waals surface area contributed by atoms with E-state index in [1.165, 1.54) is 12.1 Å². The monoisotopic (exact) mass is 327 g/mol. The van der Waals surface area contributed by atoms with Crippen molar-refractivity contribution in [1.82, 2.24) is 0 Å². The summed E-state index contributed by atoms with van der Waals surface area (Å²) in [6.07, 6.45) is -4.10. The molecule has 0 amide bonds. The van der Waals surface area contributed by atoms with E-state index in [0.29, 0.717) is 18.4 Å². The second kappa shape index (κ2) is 6.22. The minimum Gasteiger partial charge on any atom is -0.507 e. The van der Waals surface area contributed by atoms with Gasteiger partial charge in [-0.2, -0.15) is 0 Å². The van der Waals surface area contributed by atoms with Crippen molar-refractivity contribution in [1.29, 1.82) is 0 Å². The highest BCUT2D eigenvalue weighted by molar-refractivity contribution is 5.53. The number of fused-ring (bicyclic) bond motifs is 3. The molecule has 0 bridgehead atoms. The predicted octanol–water partition coefficient (Wildman–Crippen LogP) is 5.74. The fraction of sp³-hybridized carbons (Fsp3) is 0.619. The Bertz CT molecular complexity index is 1070. The molecule has 1 heterocycles. The Morgan fingerprint density at radius 3 is 3.04 bits per heavy atom. The van der Waals surface area contributed by atoms with Gasteiger partial charge in [-0.3, -0.25) is 0 Å². The van der Waals surface area contributed by atoms with E-state index in [2.05, 4.69) is 0 Å². The molecule has 0 unspecified atom stereocenters. The Kier molecular flexibility index (Phi) is 1.84. The van der Waals surface area contributed by atoms with Crippen molar-refractivity contribution < 1.29 is 27.7 Å². The second-order valence-electron chi connectivity index (χ2n) is 5.98. The van der Waals surface area contributed by atoms with Crippen LogP contribution in [-0.2, 0) is 6.42 Å². The summed E-state index contributed by atoms with van der Waals surface area (Å²) in [5.41, 5.74) is -4.59. The van der Waals surface area contributed by atoms with Gasteiger partial charge in [0.15, 0.2) is 0 Å². The van der Waals surface area contributed by atoms with Crippen LogP contribution in [0.2, 0.25) is 0 Å². The van der Waals surface area contributed by atoms with E-state index in [9.17, 15) is 7.85 Å². The molecule has 23 heavy (non-hydrogen) atoms. The van der Waals surface area contributed by atoms with Crippen LogP contribution in [0.25, 0.3) is 0 Å². The highest BCUT2D eigenvalue weighted by atomic mass is 16.5. The molecule has 1 aromatic carbocycles. The van der Waals surface area contributed by atoms with Crippen LogP contribution in [0.1, 0.15) is 94.4 Å². The molecule has 1 aliphatic heterocycles. The van der Waals surface area contributed by atoms with Gasteiger partial charge in [0, 0.05) is 33.8 Å². The fourth-order valence-corrected chi connectivity index (χ4v) is 2.88. The zero-order chi connectivity index (χ0) is 27.9. The average molecular weight is 328 g/mol. The summed E-state index contributed by atoms with van der Waals surface area (Å²) in [4.78, 5) is 0. The number of benzene rings is 1. The third kappa shape index (κ3) is 3.13. The topological polar surface area (TPSA) is 29.5 Å². The van der Waals surface area contributed by atoms with Crippen molar-refractivity contribution in [2.45, 2.75) is 77.5 Å². The number of aromatic hydroxyl groups is 1. The zero-order valence-electron chi connectivity index (χ0n) is 26.3. The Morgan fingerprint density at radius 2 is 2.30 bits per heavy atom. The molecule has 1 aromatic rings. The van der Waals surface area contributed by atoms with Crippen LogP contribution in [0.3, 0.4) is 0 Å². The van der Waals surface area contributed by atoms with E-state index in [1.54, 1.807) is 0 Å². The number of phenols is 1. The Hall–Kier alpha value is -1.44. The van der Waals surface area contributed by atoms with Crippen LogP contribution in [0, 0.1) is 5.89 Å². The first-order valence-electron chi connectivity index (χ1n) is 14.3. The van der Waals surface area contributed by atoms with Gasteiger partial charge in [-0.15, -0.1) is 0 Å². The first-order chi connectivity index (χ1) is 16.1. The number of hydrogen-bond acceptors (Lipinski definition) is 2. The van der Waals surface area contributed by atoms with Gasteiger partial charge in [-0.25, -0.2) is 0 Å². The molecule has 3 rings (SSSR count). The smallest absolute Gasteiger partial charge is 0.127 e. The Balaban J connectivity index is 2.59. The molecule has 1 N–H and O–H groups in total. The fourth-order valence-electron chi connectivity index (χ4n) is 2.88. The largest absolute Gasteiger partial charge is 0.507 e. The molecular weight excluding hydrogens is 284 g/mol. The van der Waals surface area contributed by atoms with Crippen LogP contribution >= 0.6 is 0 Å². The maximum Gasteiger partial charge on any atom is 0.127 e. The second-order valence-corrected chi connectivity index (χ2v) is 5.98. The summed E-state index contributed by atoms with van der Waals surface area (Å²) in [5, 5.41) is 11.0. The van der Waals surface area contributed by atoms with E-state index in [4.69, 9.17) is 19.8 Å². The van der Waals surface area contributed by atoms with Crippen molar-refractivity contribution >= 4 is 0 Å². The highest BCUT2D eigenvalue weighted by Crippen LogP contribution is 2.53. The number of hydrogen-bond donors (Lipinski definition) is 1. The molecule has 2 heteroatoms. The molecule has 0 saturated carbocycles. The van der Waals surface area contributed by atoms with Crippen LogP contribution in [-0.4, -0.2) is 10.7 Å². The van der Waals surface area contributed by atoms with Gasteiger partial charge in [0.2, 0.25) is 0 Å². The van der Waals surface area contributed by atoms with Crippen molar-refractivity contribution in [3.8, 4) is 11.5 Å². The minimum absolute atomic E-state index is 0.398. The summed E-state index contributed by atoms with van der Waals surface area (Å²) < 4.78 is 116. The number of rotatable bonds is 4. The molecule has 0 aromatic heterocycles. The van der Waals surface area contributed by atoms with Crippen LogP contribution in [0.4, 0.5) is 0 Å². The minimum atomic E-state index is -3.78. The first kappa shape index (κ1) is 6.82. The van der Waals surface area contributed by atoms with E-state index in [0.717, 1.165) is 19.8 Å². The van der Waals surface area contributed by atoms with Gasteiger partial charge < -0.3 is 9.84 Å². The highest BCUT2D eigenvalue weighted by Gasteiger charge is 2.45. The Morgan fingerprint density at radius 1 is 1.48 bits per heavy atom. The van der Waals surface area contributed by atoms with E-state index < -0.39 is 72.5 Å². The molecule has 2 aliphatic rings. The van der Waals surface area contributed by atoms with Crippen molar-refractivity contribution in [2.24, 2.45) is 5.89 Å². The number of phenolic OH excluding ortho intramolecular Hbond substituents is 1. The quantitative estimate of drug-likeness (QED) is 0.565. The summed E-state index contributed by atoms with van der Waals surface area (Å²) in [5.74, 6) is -8.18.